The molecule has 4 nitrogen and oxygen atoms in total. The fourth-order valence-corrected chi connectivity index (χ4v) is 2.37. The summed E-state index contributed by atoms with van der Waals surface area (Å²) in [5, 5.41) is 12.8. The fourth-order valence-electron chi connectivity index (χ4n) is 2.37. The molecule has 0 spiro atoms. The number of aliphatic hydroxyl groups is 1. The highest BCUT2D eigenvalue weighted by Crippen LogP contribution is 2.24. The summed E-state index contributed by atoms with van der Waals surface area (Å²) in [6.07, 6.45) is 3.56. The van der Waals surface area contributed by atoms with Crippen molar-refractivity contribution in [3.05, 3.63) is 29.8 Å². The van der Waals surface area contributed by atoms with Gasteiger partial charge in [0.25, 0.3) is 0 Å². The SMILES string of the molecule is Nc1ccc(C(O)CNC(=O)C2CCCC2)cc1. The van der Waals surface area contributed by atoms with Crippen LogP contribution in [0.15, 0.2) is 24.3 Å². The van der Waals surface area contributed by atoms with Crippen LogP contribution in [0, 0.1) is 5.92 Å². The maximum atomic E-state index is 11.8. The van der Waals surface area contributed by atoms with Gasteiger partial charge in [-0.1, -0.05) is 25.0 Å². The molecule has 4 heteroatoms. The van der Waals surface area contributed by atoms with Gasteiger partial charge in [-0.3, -0.25) is 4.79 Å². The zero-order valence-corrected chi connectivity index (χ0v) is 10.4. The van der Waals surface area contributed by atoms with Gasteiger partial charge in [0, 0.05) is 18.2 Å². The monoisotopic (exact) mass is 248 g/mol. The number of nitrogen functional groups attached to an aromatic ring is 1. The fraction of sp³-hybridized carbons (Fsp3) is 0.500. The third-order valence-corrected chi connectivity index (χ3v) is 3.52. The molecule has 0 saturated heterocycles. The van der Waals surface area contributed by atoms with E-state index in [0.717, 1.165) is 31.2 Å². The van der Waals surface area contributed by atoms with Crippen LogP contribution in [0.2, 0.25) is 0 Å². The Kier molecular flexibility index (Phi) is 4.20. The molecule has 0 aromatic heterocycles. The first-order valence-electron chi connectivity index (χ1n) is 6.48. The zero-order valence-electron chi connectivity index (χ0n) is 10.4. The number of carbonyl (C=O) groups excluding carboxylic acids is 1. The molecule has 98 valence electrons. The summed E-state index contributed by atoms with van der Waals surface area (Å²) in [4.78, 5) is 11.8. The molecule has 4 N–H and O–H groups in total. The van der Waals surface area contributed by atoms with Gasteiger partial charge in [-0.05, 0) is 30.5 Å². The van der Waals surface area contributed by atoms with E-state index in [4.69, 9.17) is 5.73 Å². The normalized spacial score (nSPS) is 17.6. The number of hydrogen-bond donors (Lipinski definition) is 3. The lowest BCUT2D eigenvalue weighted by atomic mass is 10.1. The molecule has 1 atom stereocenters. The Morgan fingerprint density at radius 2 is 1.94 bits per heavy atom. The van der Waals surface area contributed by atoms with Crippen molar-refractivity contribution < 1.29 is 9.90 Å². The van der Waals surface area contributed by atoms with E-state index >= 15 is 0 Å². The minimum absolute atomic E-state index is 0.0713. The van der Waals surface area contributed by atoms with Crippen molar-refractivity contribution in [3.63, 3.8) is 0 Å². The molecule has 1 fully saturated rings. The van der Waals surface area contributed by atoms with Crippen molar-refractivity contribution in [2.45, 2.75) is 31.8 Å². The highest BCUT2D eigenvalue weighted by molar-refractivity contribution is 5.78. The van der Waals surface area contributed by atoms with Gasteiger partial charge in [0.2, 0.25) is 5.91 Å². The van der Waals surface area contributed by atoms with Crippen LogP contribution in [-0.4, -0.2) is 17.6 Å². The molecule has 0 bridgehead atoms. The van der Waals surface area contributed by atoms with Gasteiger partial charge in [0.15, 0.2) is 0 Å². The van der Waals surface area contributed by atoms with E-state index in [9.17, 15) is 9.90 Å². The Hall–Kier alpha value is -1.55. The van der Waals surface area contributed by atoms with Crippen molar-refractivity contribution in [1.82, 2.24) is 5.32 Å². The van der Waals surface area contributed by atoms with Crippen molar-refractivity contribution in [1.29, 1.82) is 0 Å². The average Bonchev–Trinajstić information content (AvgIpc) is 2.90. The maximum absolute atomic E-state index is 11.8. The Labute approximate surface area is 107 Å². The van der Waals surface area contributed by atoms with Crippen molar-refractivity contribution >= 4 is 11.6 Å². The Morgan fingerprint density at radius 1 is 1.33 bits per heavy atom. The Morgan fingerprint density at radius 3 is 2.56 bits per heavy atom. The lowest BCUT2D eigenvalue weighted by Gasteiger charge is -2.15. The second-order valence-corrected chi connectivity index (χ2v) is 4.91. The molecule has 0 aliphatic heterocycles. The minimum atomic E-state index is -0.670. The molecular weight excluding hydrogens is 228 g/mol. The summed E-state index contributed by atoms with van der Waals surface area (Å²) >= 11 is 0. The highest BCUT2D eigenvalue weighted by atomic mass is 16.3. The highest BCUT2D eigenvalue weighted by Gasteiger charge is 2.22. The van der Waals surface area contributed by atoms with Gasteiger partial charge < -0.3 is 16.2 Å². The summed E-state index contributed by atoms with van der Waals surface area (Å²) < 4.78 is 0. The van der Waals surface area contributed by atoms with Crippen LogP contribution in [0.1, 0.15) is 37.4 Å². The molecule has 2 rings (SSSR count). The van der Waals surface area contributed by atoms with Crippen LogP contribution in [0.4, 0.5) is 5.69 Å². The van der Waals surface area contributed by atoms with Gasteiger partial charge in [-0.2, -0.15) is 0 Å². The summed E-state index contributed by atoms with van der Waals surface area (Å²) in [6.45, 7) is 0.263. The summed E-state index contributed by atoms with van der Waals surface area (Å²) in [7, 11) is 0. The average molecular weight is 248 g/mol. The van der Waals surface area contributed by atoms with Crippen LogP contribution in [0.5, 0.6) is 0 Å². The Balaban J connectivity index is 1.82. The molecule has 1 aliphatic rings. The predicted molar refractivity (Wildman–Crippen MR) is 70.8 cm³/mol. The smallest absolute Gasteiger partial charge is 0.223 e. The standard InChI is InChI=1S/C14H20N2O2/c15-12-7-5-10(6-8-12)13(17)9-16-14(18)11-3-1-2-4-11/h5-8,11,13,17H,1-4,9,15H2,(H,16,18). The zero-order chi connectivity index (χ0) is 13.0. The van der Waals surface area contributed by atoms with Crippen LogP contribution in [0.25, 0.3) is 0 Å². The molecule has 1 aromatic carbocycles. The van der Waals surface area contributed by atoms with Crippen LogP contribution >= 0.6 is 0 Å². The summed E-state index contributed by atoms with van der Waals surface area (Å²) in [5.74, 6) is 0.214. The summed E-state index contributed by atoms with van der Waals surface area (Å²) in [5.41, 5.74) is 7.02. The van der Waals surface area contributed by atoms with E-state index in [1.54, 1.807) is 24.3 Å². The molecule has 1 saturated carbocycles. The lowest BCUT2D eigenvalue weighted by Crippen LogP contribution is -2.32. The van der Waals surface area contributed by atoms with E-state index in [0.29, 0.717) is 5.69 Å². The number of rotatable bonds is 4. The first kappa shape index (κ1) is 12.9. The molecule has 0 radical (unpaired) electrons. The van der Waals surface area contributed by atoms with Crippen LogP contribution in [0.3, 0.4) is 0 Å². The third kappa shape index (κ3) is 3.23. The molecule has 0 heterocycles. The number of amides is 1. The van der Waals surface area contributed by atoms with Crippen LogP contribution in [-0.2, 0) is 4.79 Å². The first-order chi connectivity index (χ1) is 8.66. The maximum Gasteiger partial charge on any atom is 0.223 e. The second kappa shape index (κ2) is 5.87. The van der Waals surface area contributed by atoms with E-state index in [1.165, 1.54) is 0 Å². The van der Waals surface area contributed by atoms with Crippen molar-refractivity contribution in [2.75, 3.05) is 12.3 Å². The number of nitrogens with one attached hydrogen (secondary N) is 1. The van der Waals surface area contributed by atoms with Crippen molar-refractivity contribution in [2.24, 2.45) is 5.92 Å². The van der Waals surface area contributed by atoms with Gasteiger partial charge in [0.1, 0.15) is 0 Å². The van der Waals surface area contributed by atoms with Gasteiger partial charge >= 0.3 is 0 Å². The third-order valence-electron chi connectivity index (χ3n) is 3.52. The Bertz CT molecular complexity index is 397. The molecule has 1 amide bonds. The first-order valence-corrected chi connectivity index (χ1v) is 6.48. The molecule has 18 heavy (non-hydrogen) atoms. The van der Waals surface area contributed by atoms with E-state index < -0.39 is 6.10 Å². The van der Waals surface area contributed by atoms with Crippen molar-refractivity contribution in [3.8, 4) is 0 Å². The van der Waals surface area contributed by atoms with E-state index in [1.807, 2.05) is 0 Å². The van der Waals surface area contributed by atoms with Gasteiger partial charge in [-0.15, -0.1) is 0 Å². The summed E-state index contributed by atoms with van der Waals surface area (Å²) in [6, 6.07) is 7.05. The number of benzene rings is 1. The molecule has 1 unspecified atom stereocenters. The van der Waals surface area contributed by atoms with Gasteiger partial charge in [0.05, 0.1) is 6.10 Å². The number of nitrogens with two attached hydrogens (primary N) is 1. The lowest BCUT2D eigenvalue weighted by molar-refractivity contribution is -0.125. The topological polar surface area (TPSA) is 75.3 Å². The largest absolute Gasteiger partial charge is 0.399 e. The molecule has 1 aromatic rings. The number of carbonyl (C=O) groups is 1. The number of aliphatic hydroxyl groups excluding tert-OH is 1. The second-order valence-electron chi connectivity index (χ2n) is 4.91. The van der Waals surface area contributed by atoms with Crippen LogP contribution < -0.4 is 11.1 Å². The van der Waals surface area contributed by atoms with E-state index in [-0.39, 0.29) is 18.4 Å². The minimum Gasteiger partial charge on any atom is -0.399 e. The quantitative estimate of drug-likeness (QED) is 0.709. The van der Waals surface area contributed by atoms with Gasteiger partial charge in [-0.25, -0.2) is 0 Å². The molecule has 1 aliphatic carbocycles. The number of anilines is 1. The predicted octanol–water partition coefficient (Wildman–Crippen LogP) is 1.61. The number of hydrogen-bond acceptors (Lipinski definition) is 3. The van der Waals surface area contributed by atoms with E-state index in [2.05, 4.69) is 5.32 Å². The molecular formula is C14H20N2O2.